The number of nitrogens with zero attached hydrogens (tertiary/aromatic N) is 2. The maximum absolute atomic E-state index is 11.8. The molecule has 1 aromatic rings. The highest BCUT2D eigenvalue weighted by atomic mass is 16.1. The van der Waals surface area contributed by atoms with Crippen molar-refractivity contribution in [1.29, 1.82) is 0 Å². The van der Waals surface area contributed by atoms with Gasteiger partial charge in [0.05, 0.1) is 11.7 Å². The predicted octanol–water partition coefficient (Wildman–Crippen LogP) is 3.86. The molecule has 108 valence electrons. The van der Waals surface area contributed by atoms with Crippen LogP contribution in [-0.4, -0.2) is 15.6 Å². The molecule has 0 unspecified atom stereocenters. The average molecular weight is 272 g/mol. The Labute approximate surface area is 121 Å². The summed E-state index contributed by atoms with van der Waals surface area (Å²) in [6.45, 7) is 4.35. The van der Waals surface area contributed by atoms with E-state index in [2.05, 4.69) is 30.8 Å². The number of carbonyl (C=O) groups excluding carboxylic acids is 1. The molecule has 0 amide bonds. The van der Waals surface area contributed by atoms with E-state index in [1.54, 1.807) is 0 Å². The lowest BCUT2D eigenvalue weighted by Crippen LogP contribution is -2.22. The minimum Gasteiger partial charge on any atom is -0.295 e. The second-order valence-corrected chi connectivity index (χ2v) is 7.19. The van der Waals surface area contributed by atoms with Crippen LogP contribution < -0.4 is 0 Å². The summed E-state index contributed by atoms with van der Waals surface area (Å²) in [4.78, 5) is 11.8. The Bertz CT molecular complexity index is 533. The van der Waals surface area contributed by atoms with Crippen molar-refractivity contribution in [3.05, 3.63) is 29.6 Å². The van der Waals surface area contributed by atoms with Gasteiger partial charge >= 0.3 is 0 Å². The zero-order valence-electron chi connectivity index (χ0n) is 12.6. The Hall–Kier alpha value is -1.38. The number of rotatable bonds is 3. The fourth-order valence-corrected chi connectivity index (χ4v) is 3.67. The quantitative estimate of drug-likeness (QED) is 0.837. The number of carbonyl (C=O) groups is 1. The van der Waals surface area contributed by atoms with E-state index in [1.165, 1.54) is 31.3 Å². The van der Waals surface area contributed by atoms with Gasteiger partial charge < -0.3 is 0 Å². The van der Waals surface area contributed by atoms with Crippen LogP contribution in [0.25, 0.3) is 0 Å². The highest BCUT2D eigenvalue weighted by Gasteiger charge is 2.27. The third-order valence-corrected chi connectivity index (χ3v) is 4.49. The van der Waals surface area contributed by atoms with E-state index < -0.39 is 0 Å². The lowest BCUT2D eigenvalue weighted by Gasteiger charge is -2.28. The highest BCUT2D eigenvalue weighted by Crippen LogP contribution is 2.35. The molecule has 2 aliphatic rings. The van der Waals surface area contributed by atoms with Gasteiger partial charge in [-0.1, -0.05) is 32.3 Å². The molecular formula is C17H24N2O. The van der Waals surface area contributed by atoms with Gasteiger partial charge in [-0.25, -0.2) is 0 Å². The van der Waals surface area contributed by atoms with E-state index in [0.29, 0.717) is 12.5 Å². The molecule has 3 nitrogen and oxygen atoms in total. The normalized spacial score (nSPS) is 23.1. The van der Waals surface area contributed by atoms with Gasteiger partial charge in [-0.05, 0) is 36.8 Å². The van der Waals surface area contributed by atoms with Gasteiger partial charge in [-0.15, -0.1) is 0 Å². The Morgan fingerprint density at radius 3 is 2.75 bits per heavy atom. The molecule has 0 spiro atoms. The number of aromatic nitrogens is 2. The van der Waals surface area contributed by atoms with Crippen molar-refractivity contribution in [3.63, 3.8) is 0 Å². The van der Waals surface area contributed by atoms with Gasteiger partial charge in [0, 0.05) is 19.0 Å². The number of hydrogen-bond donors (Lipinski definition) is 0. The van der Waals surface area contributed by atoms with Gasteiger partial charge in [0.25, 0.3) is 0 Å². The second-order valence-electron chi connectivity index (χ2n) is 7.19. The fraction of sp³-hybridized carbons (Fsp3) is 0.647. The van der Waals surface area contributed by atoms with E-state index in [0.717, 1.165) is 18.5 Å². The van der Waals surface area contributed by atoms with Gasteiger partial charge in [0.1, 0.15) is 0 Å². The maximum Gasteiger partial charge on any atom is 0.156 e. The summed E-state index contributed by atoms with van der Waals surface area (Å²) in [5.74, 6) is 0.270. The van der Waals surface area contributed by atoms with E-state index in [1.807, 2.05) is 6.08 Å². The van der Waals surface area contributed by atoms with Crippen molar-refractivity contribution in [3.8, 4) is 0 Å². The molecule has 3 heteroatoms. The zero-order valence-corrected chi connectivity index (χ0v) is 12.6. The average Bonchev–Trinajstić information content (AvgIpc) is 2.94. The first kappa shape index (κ1) is 13.6. The molecule has 0 aromatic carbocycles. The van der Waals surface area contributed by atoms with E-state index in [4.69, 9.17) is 5.10 Å². The molecule has 1 aromatic heterocycles. The monoisotopic (exact) mass is 272 g/mol. The van der Waals surface area contributed by atoms with Gasteiger partial charge in [0.15, 0.2) is 5.78 Å². The summed E-state index contributed by atoms with van der Waals surface area (Å²) in [7, 11) is 0. The molecule has 1 saturated carbocycles. The lowest BCUT2D eigenvalue weighted by atomic mass is 9.76. The third-order valence-electron chi connectivity index (χ3n) is 4.49. The molecule has 0 N–H and O–H groups in total. The first-order valence-corrected chi connectivity index (χ1v) is 7.78. The van der Waals surface area contributed by atoms with E-state index in [9.17, 15) is 4.79 Å². The molecule has 1 fully saturated rings. The van der Waals surface area contributed by atoms with Gasteiger partial charge in [0.2, 0.25) is 0 Å². The molecular weight excluding hydrogens is 248 g/mol. The van der Waals surface area contributed by atoms with Crippen molar-refractivity contribution in [2.75, 3.05) is 0 Å². The third kappa shape index (κ3) is 3.02. The van der Waals surface area contributed by atoms with Crippen molar-refractivity contribution < 1.29 is 4.79 Å². The van der Waals surface area contributed by atoms with Crippen LogP contribution in [0.2, 0.25) is 0 Å². The van der Waals surface area contributed by atoms with Crippen LogP contribution >= 0.6 is 0 Å². The zero-order chi connectivity index (χ0) is 14.2. The fourth-order valence-electron chi connectivity index (χ4n) is 3.67. The maximum atomic E-state index is 11.8. The summed E-state index contributed by atoms with van der Waals surface area (Å²) >= 11 is 0. The molecule has 2 aliphatic carbocycles. The van der Waals surface area contributed by atoms with Crippen LogP contribution in [0.15, 0.2) is 23.9 Å². The van der Waals surface area contributed by atoms with E-state index >= 15 is 0 Å². The van der Waals surface area contributed by atoms with Crippen molar-refractivity contribution >= 4 is 5.78 Å². The van der Waals surface area contributed by atoms with Crippen molar-refractivity contribution in [2.24, 2.45) is 5.41 Å². The molecule has 0 aliphatic heterocycles. The molecule has 0 atom stereocenters. The molecule has 0 bridgehead atoms. The summed E-state index contributed by atoms with van der Waals surface area (Å²) < 4.78 is 2.14. The Morgan fingerprint density at radius 2 is 2.05 bits per heavy atom. The van der Waals surface area contributed by atoms with Crippen LogP contribution in [-0.2, 0) is 11.2 Å². The minimum absolute atomic E-state index is 0.106. The molecule has 20 heavy (non-hydrogen) atoms. The first-order valence-electron chi connectivity index (χ1n) is 7.78. The SMILES string of the molecule is CC1(C)CC(=O)C=C(Cc2ccn(C3CCCC3)n2)C1. The number of hydrogen-bond acceptors (Lipinski definition) is 2. The molecule has 1 heterocycles. The summed E-state index contributed by atoms with van der Waals surface area (Å²) in [6.07, 6.45) is 11.6. The van der Waals surface area contributed by atoms with Gasteiger partial charge in [-0.2, -0.15) is 5.10 Å². The molecule has 0 saturated heterocycles. The minimum atomic E-state index is 0.106. The van der Waals surface area contributed by atoms with Crippen LogP contribution in [0.3, 0.4) is 0 Å². The summed E-state index contributed by atoms with van der Waals surface area (Å²) in [6, 6.07) is 2.72. The van der Waals surface area contributed by atoms with Crippen LogP contribution in [0.5, 0.6) is 0 Å². The van der Waals surface area contributed by atoms with Crippen LogP contribution in [0, 0.1) is 5.41 Å². The predicted molar refractivity (Wildman–Crippen MR) is 79.5 cm³/mol. The number of allylic oxidation sites excluding steroid dienone is 2. The Kier molecular flexibility index (Phi) is 3.53. The molecule has 0 radical (unpaired) electrons. The van der Waals surface area contributed by atoms with Crippen molar-refractivity contribution in [1.82, 2.24) is 9.78 Å². The standard InChI is InChI=1S/C17H24N2O/c1-17(2)11-13(10-16(20)12-17)9-14-7-8-19(18-14)15-5-3-4-6-15/h7-8,10,15H,3-6,9,11-12H2,1-2H3. The number of ketones is 1. The van der Waals surface area contributed by atoms with Crippen LogP contribution in [0.4, 0.5) is 0 Å². The summed E-state index contributed by atoms with van der Waals surface area (Å²) in [5, 5.41) is 4.72. The largest absolute Gasteiger partial charge is 0.295 e. The topological polar surface area (TPSA) is 34.9 Å². The smallest absolute Gasteiger partial charge is 0.156 e. The molecule has 3 rings (SSSR count). The lowest BCUT2D eigenvalue weighted by molar-refractivity contribution is -0.117. The second kappa shape index (κ2) is 5.19. The van der Waals surface area contributed by atoms with Crippen molar-refractivity contribution in [2.45, 2.75) is 64.8 Å². The highest BCUT2D eigenvalue weighted by molar-refractivity contribution is 5.91. The first-order chi connectivity index (χ1) is 9.52. The summed E-state index contributed by atoms with van der Waals surface area (Å²) in [5.41, 5.74) is 2.45. The van der Waals surface area contributed by atoms with E-state index in [-0.39, 0.29) is 11.2 Å². The van der Waals surface area contributed by atoms with Gasteiger partial charge in [-0.3, -0.25) is 9.48 Å². The Balaban J connectivity index is 1.70. The Morgan fingerprint density at radius 1 is 1.30 bits per heavy atom. The van der Waals surface area contributed by atoms with Crippen LogP contribution in [0.1, 0.15) is 64.1 Å².